The molecule has 0 spiro atoms. The molecule has 1 unspecified atom stereocenters. The monoisotopic (exact) mass is 458 g/mol. The van der Waals surface area contributed by atoms with E-state index in [9.17, 15) is 9.59 Å². The van der Waals surface area contributed by atoms with Crippen LogP contribution in [-0.4, -0.2) is 23.1 Å². The van der Waals surface area contributed by atoms with Crippen molar-refractivity contribution < 1.29 is 19.4 Å². The van der Waals surface area contributed by atoms with Crippen LogP contribution in [-0.2, 0) is 14.3 Å². The summed E-state index contributed by atoms with van der Waals surface area (Å²) < 4.78 is 5.66. The molecule has 33 heavy (non-hydrogen) atoms. The van der Waals surface area contributed by atoms with E-state index < -0.39 is 5.97 Å². The van der Waals surface area contributed by atoms with Gasteiger partial charge in [0.25, 0.3) is 0 Å². The summed E-state index contributed by atoms with van der Waals surface area (Å²) in [4.78, 5) is 22.7. The average Bonchev–Trinajstić information content (AvgIpc) is 2.79. The van der Waals surface area contributed by atoms with Crippen molar-refractivity contribution in [2.45, 2.75) is 110 Å². The van der Waals surface area contributed by atoms with Crippen LogP contribution < -0.4 is 0 Å². The number of carbonyl (C=O) groups is 2. The molecule has 0 saturated carbocycles. The molecule has 0 aromatic rings. The lowest BCUT2D eigenvalue weighted by molar-refractivity contribution is -0.148. The van der Waals surface area contributed by atoms with Gasteiger partial charge in [-0.15, -0.1) is 0 Å². The smallest absolute Gasteiger partial charge is 0.309 e. The van der Waals surface area contributed by atoms with Gasteiger partial charge in [-0.2, -0.15) is 0 Å². The molecular weight excluding hydrogens is 412 g/mol. The quantitative estimate of drug-likeness (QED) is 0.107. The summed E-state index contributed by atoms with van der Waals surface area (Å²) in [5, 5.41) is 8.70. The van der Waals surface area contributed by atoms with E-state index >= 15 is 0 Å². The largest absolute Gasteiger partial charge is 0.481 e. The molecule has 0 aliphatic rings. The fourth-order valence-electron chi connectivity index (χ4n) is 3.18. The Hall–Kier alpha value is -2.36. The molecule has 0 aliphatic heterocycles. The number of esters is 1. The molecule has 0 bridgehead atoms. The third-order valence-corrected chi connectivity index (χ3v) is 5.04. The van der Waals surface area contributed by atoms with E-state index in [2.05, 4.69) is 62.5 Å². The van der Waals surface area contributed by atoms with Crippen LogP contribution in [0.1, 0.15) is 104 Å². The SMILES string of the molecule is CC/C=C\C/C=C\C/C=C\C/C=C\C/C=C\CC(=O)OC(CCCC)CCCCCC(=O)O. The number of ether oxygens (including phenoxy) is 1. The van der Waals surface area contributed by atoms with Gasteiger partial charge in [0.2, 0.25) is 0 Å². The maximum absolute atomic E-state index is 12.1. The summed E-state index contributed by atoms with van der Waals surface area (Å²) in [7, 11) is 0. The van der Waals surface area contributed by atoms with Crippen molar-refractivity contribution in [1.82, 2.24) is 0 Å². The van der Waals surface area contributed by atoms with E-state index in [0.717, 1.165) is 70.6 Å². The van der Waals surface area contributed by atoms with Crippen LogP contribution in [0.15, 0.2) is 60.8 Å². The molecule has 0 aromatic heterocycles. The Bertz CT molecular complexity index is 626. The second-order valence-electron chi connectivity index (χ2n) is 8.16. The maximum Gasteiger partial charge on any atom is 0.309 e. The van der Waals surface area contributed by atoms with E-state index in [1.807, 2.05) is 12.2 Å². The number of carboxylic acids is 1. The molecule has 0 heterocycles. The van der Waals surface area contributed by atoms with Crippen LogP contribution in [0, 0.1) is 0 Å². The van der Waals surface area contributed by atoms with Gasteiger partial charge in [-0.25, -0.2) is 0 Å². The van der Waals surface area contributed by atoms with Crippen molar-refractivity contribution in [2.24, 2.45) is 0 Å². The van der Waals surface area contributed by atoms with E-state index in [0.29, 0.717) is 12.8 Å². The van der Waals surface area contributed by atoms with Crippen molar-refractivity contribution >= 4 is 11.9 Å². The molecule has 0 rings (SSSR count). The highest BCUT2D eigenvalue weighted by molar-refractivity contribution is 5.71. The highest BCUT2D eigenvalue weighted by atomic mass is 16.5. The zero-order valence-electron chi connectivity index (χ0n) is 20.9. The predicted octanol–water partition coefficient (Wildman–Crippen LogP) is 8.27. The minimum Gasteiger partial charge on any atom is -0.481 e. The number of unbranched alkanes of at least 4 members (excludes halogenated alkanes) is 3. The van der Waals surface area contributed by atoms with Gasteiger partial charge in [-0.1, -0.05) is 93.9 Å². The fourth-order valence-corrected chi connectivity index (χ4v) is 3.18. The zero-order valence-corrected chi connectivity index (χ0v) is 20.9. The number of rotatable bonds is 21. The molecule has 1 atom stereocenters. The summed E-state index contributed by atoms with van der Waals surface area (Å²) in [5.74, 6) is -0.927. The van der Waals surface area contributed by atoms with Crippen LogP contribution in [0.4, 0.5) is 0 Å². The van der Waals surface area contributed by atoms with E-state index in [4.69, 9.17) is 9.84 Å². The molecule has 4 heteroatoms. The van der Waals surface area contributed by atoms with Crippen molar-refractivity contribution in [3.05, 3.63) is 60.8 Å². The highest BCUT2D eigenvalue weighted by Crippen LogP contribution is 2.15. The van der Waals surface area contributed by atoms with Gasteiger partial charge in [-0.05, 0) is 57.8 Å². The van der Waals surface area contributed by atoms with Crippen molar-refractivity contribution in [3.8, 4) is 0 Å². The van der Waals surface area contributed by atoms with Crippen LogP contribution >= 0.6 is 0 Å². The van der Waals surface area contributed by atoms with E-state index in [1.165, 1.54) is 0 Å². The molecule has 0 amide bonds. The van der Waals surface area contributed by atoms with Crippen LogP contribution in [0.25, 0.3) is 0 Å². The highest BCUT2D eigenvalue weighted by Gasteiger charge is 2.13. The first kappa shape index (κ1) is 30.6. The Morgan fingerprint density at radius 2 is 1.21 bits per heavy atom. The fraction of sp³-hybridized carbons (Fsp3) is 0.586. The average molecular weight is 459 g/mol. The molecule has 186 valence electrons. The molecule has 0 aromatic carbocycles. The second-order valence-corrected chi connectivity index (χ2v) is 8.16. The lowest BCUT2D eigenvalue weighted by atomic mass is 10.0. The molecule has 4 nitrogen and oxygen atoms in total. The summed E-state index contributed by atoms with van der Waals surface area (Å²) in [6, 6.07) is 0. The first-order valence-electron chi connectivity index (χ1n) is 12.8. The number of carbonyl (C=O) groups excluding carboxylic acids is 1. The lowest BCUT2D eigenvalue weighted by Crippen LogP contribution is -2.18. The van der Waals surface area contributed by atoms with Crippen molar-refractivity contribution in [1.29, 1.82) is 0 Å². The van der Waals surface area contributed by atoms with Crippen LogP contribution in [0.2, 0.25) is 0 Å². The number of carboxylic acid groups (broad SMARTS) is 1. The standard InChI is InChI=1S/C29H46O4/c1-3-5-7-8-9-10-11-12-13-14-15-16-17-18-22-26-29(32)33-27(23-6-4-2)24-20-19-21-25-28(30)31/h5,7,9-10,12-13,15-16,18,22,27H,3-4,6,8,11,14,17,19-21,23-26H2,1-2H3,(H,30,31)/b7-5-,10-9-,13-12-,16-15-,22-18-. The first-order valence-corrected chi connectivity index (χ1v) is 12.8. The normalized spacial score (nSPS) is 13.3. The Morgan fingerprint density at radius 3 is 1.73 bits per heavy atom. The molecule has 0 radical (unpaired) electrons. The predicted molar refractivity (Wildman–Crippen MR) is 139 cm³/mol. The maximum atomic E-state index is 12.1. The van der Waals surface area contributed by atoms with Gasteiger partial charge in [0.05, 0.1) is 6.42 Å². The second kappa shape index (κ2) is 24.3. The number of hydrogen-bond donors (Lipinski definition) is 1. The summed E-state index contributed by atoms with van der Waals surface area (Å²) in [6.07, 6.45) is 32.7. The van der Waals surface area contributed by atoms with Crippen LogP contribution in [0.3, 0.4) is 0 Å². The Balaban J connectivity index is 3.97. The first-order chi connectivity index (χ1) is 16.1. The molecule has 0 fully saturated rings. The number of hydrogen-bond acceptors (Lipinski definition) is 3. The van der Waals surface area contributed by atoms with Gasteiger partial charge in [0.1, 0.15) is 6.10 Å². The number of allylic oxidation sites excluding steroid dienone is 9. The lowest BCUT2D eigenvalue weighted by Gasteiger charge is -2.17. The van der Waals surface area contributed by atoms with Gasteiger partial charge in [0, 0.05) is 6.42 Å². The summed E-state index contributed by atoms with van der Waals surface area (Å²) in [6.45, 7) is 4.27. The zero-order chi connectivity index (χ0) is 24.4. The minimum absolute atomic E-state index is 0.0509. The van der Waals surface area contributed by atoms with Gasteiger partial charge in [0.15, 0.2) is 0 Å². The molecule has 1 N–H and O–H groups in total. The van der Waals surface area contributed by atoms with Crippen LogP contribution in [0.5, 0.6) is 0 Å². The van der Waals surface area contributed by atoms with Gasteiger partial charge >= 0.3 is 11.9 Å². The third-order valence-electron chi connectivity index (χ3n) is 5.04. The number of aliphatic carboxylic acids is 1. The van der Waals surface area contributed by atoms with Crippen molar-refractivity contribution in [2.75, 3.05) is 0 Å². The summed E-state index contributed by atoms with van der Waals surface area (Å²) in [5.41, 5.74) is 0. The van der Waals surface area contributed by atoms with E-state index in [1.54, 1.807) is 0 Å². The van der Waals surface area contributed by atoms with Gasteiger partial charge < -0.3 is 9.84 Å². The molecule has 0 saturated heterocycles. The topological polar surface area (TPSA) is 63.6 Å². The Kier molecular flexibility index (Phi) is 22.5. The van der Waals surface area contributed by atoms with Crippen molar-refractivity contribution in [3.63, 3.8) is 0 Å². The third kappa shape index (κ3) is 24.1. The molecule has 0 aliphatic carbocycles. The summed E-state index contributed by atoms with van der Waals surface area (Å²) >= 11 is 0. The van der Waals surface area contributed by atoms with E-state index in [-0.39, 0.29) is 18.5 Å². The minimum atomic E-state index is -0.749. The Morgan fingerprint density at radius 1 is 0.697 bits per heavy atom. The molecular formula is C29H46O4. The Labute approximate surface area is 202 Å². The van der Waals surface area contributed by atoms with Gasteiger partial charge in [-0.3, -0.25) is 9.59 Å².